The average molecular weight is 319 g/mol. The fourth-order valence-electron chi connectivity index (χ4n) is 3.90. The maximum atomic E-state index is 12.3. The lowest BCUT2D eigenvalue weighted by molar-refractivity contribution is -0.134. The van der Waals surface area contributed by atoms with Crippen LogP contribution in [0, 0.1) is 5.41 Å². The summed E-state index contributed by atoms with van der Waals surface area (Å²) in [5.41, 5.74) is 1.67. The second kappa shape index (κ2) is 7.39. The summed E-state index contributed by atoms with van der Waals surface area (Å²) < 4.78 is 12.3. The van der Waals surface area contributed by atoms with E-state index in [0.29, 0.717) is 5.41 Å². The first kappa shape index (κ1) is 16.4. The summed E-state index contributed by atoms with van der Waals surface area (Å²) in [7, 11) is 0. The van der Waals surface area contributed by atoms with Crippen molar-refractivity contribution < 1.29 is 9.18 Å². The minimum absolute atomic E-state index is 0.0173. The van der Waals surface area contributed by atoms with E-state index in [9.17, 15) is 9.18 Å². The molecule has 0 unspecified atom stereocenters. The Balaban J connectivity index is 1.47. The van der Waals surface area contributed by atoms with E-state index in [1.54, 1.807) is 0 Å². The first-order chi connectivity index (χ1) is 11.2. The van der Waals surface area contributed by atoms with Crippen molar-refractivity contribution in [3.05, 3.63) is 30.1 Å². The number of nitrogens with zero attached hydrogens (tertiary/aromatic N) is 3. The van der Waals surface area contributed by atoms with Crippen molar-refractivity contribution in [1.29, 1.82) is 0 Å². The van der Waals surface area contributed by atoms with Crippen LogP contribution in [0.2, 0.25) is 0 Å². The van der Waals surface area contributed by atoms with E-state index in [-0.39, 0.29) is 12.3 Å². The van der Waals surface area contributed by atoms with Gasteiger partial charge in [-0.05, 0) is 55.8 Å². The molecule has 1 aromatic heterocycles. The molecule has 2 aliphatic heterocycles. The molecule has 0 atom stereocenters. The van der Waals surface area contributed by atoms with Crippen molar-refractivity contribution in [3.63, 3.8) is 0 Å². The Kier molecular flexibility index (Phi) is 5.26. The van der Waals surface area contributed by atoms with E-state index >= 15 is 0 Å². The highest BCUT2D eigenvalue weighted by molar-refractivity contribution is 5.76. The van der Waals surface area contributed by atoms with Gasteiger partial charge in [-0.1, -0.05) is 6.07 Å². The molecule has 2 aliphatic rings. The second-order valence-electron chi connectivity index (χ2n) is 6.96. The molecule has 23 heavy (non-hydrogen) atoms. The normalized spacial score (nSPS) is 21.5. The number of hydrogen-bond acceptors (Lipinski definition) is 3. The third kappa shape index (κ3) is 4.08. The van der Waals surface area contributed by atoms with Gasteiger partial charge in [-0.15, -0.1) is 0 Å². The van der Waals surface area contributed by atoms with Gasteiger partial charge in [-0.3, -0.25) is 19.1 Å². The zero-order valence-electron chi connectivity index (χ0n) is 13.7. The molecule has 2 fully saturated rings. The van der Waals surface area contributed by atoms with E-state index in [1.165, 1.54) is 18.4 Å². The summed E-state index contributed by atoms with van der Waals surface area (Å²) in [6.45, 7) is 4.29. The van der Waals surface area contributed by atoms with E-state index in [0.717, 1.165) is 45.6 Å². The number of carbonyl (C=O) groups is 1. The van der Waals surface area contributed by atoms with Crippen LogP contribution in [0.1, 0.15) is 37.7 Å². The van der Waals surface area contributed by atoms with E-state index in [1.807, 2.05) is 23.4 Å². The molecule has 5 heteroatoms. The molecule has 1 amide bonds. The van der Waals surface area contributed by atoms with Crippen molar-refractivity contribution in [2.45, 2.75) is 38.6 Å². The summed E-state index contributed by atoms with van der Waals surface area (Å²) in [5.74, 6) is -0.0173. The number of alkyl halides is 1. The predicted molar refractivity (Wildman–Crippen MR) is 87.6 cm³/mol. The minimum atomic E-state index is -0.538. The number of aromatic nitrogens is 1. The van der Waals surface area contributed by atoms with E-state index in [2.05, 4.69) is 16.0 Å². The van der Waals surface area contributed by atoms with Crippen molar-refractivity contribution >= 4 is 5.91 Å². The molecule has 126 valence electrons. The summed E-state index contributed by atoms with van der Waals surface area (Å²) in [5, 5.41) is 0. The summed E-state index contributed by atoms with van der Waals surface area (Å²) >= 11 is 0. The molecular weight excluding hydrogens is 293 g/mol. The second-order valence-corrected chi connectivity index (χ2v) is 6.96. The quantitative estimate of drug-likeness (QED) is 0.856. The molecule has 0 bridgehead atoms. The van der Waals surface area contributed by atoms with Gasteiger partial charge in [-0.2, -0.15) is 0 Å². The molecule has 3 heterocycles. The predicted octanol–water partition coefficient (Wildman–Crippen LogP) is 2.65. The lowest BCUT2D eigenvalue weighted by atomic mass is 9.71. The highest BCUT2D eigenvalue weighted by Crippen LogP contribution is 2.41. The molecule has 1 spiro atoms. The first-order valence-corrected chi connectivity index (χ1v) is 8.66. The molecule has 3 rings (SSSR count). The van der Waals surface area contributed by atoms with Crippen molar-refractivity contribution in [2.75, 3.05) is 32.9 Å². The average Bonchev–Trinajstić information content (AvgIpc) is 2.59. The topological polar surface area (TPSA) is 36.4 Å². The van der Waals surface area contributed by atoms with Gasteiger partial charge < -0.3 is 4.90 Å². The van der Waals surface area contributed by atoms with Gasteiger partial charge in [-0.25, -0.2) is 0 Å². The van der Waals surface area contributed by atoms with Crippen molar-refractivity contribution in [3.8, 4) is 0 Å². The van der Waals surface area contributed by atoms with Crippen molar-refractivity contribution in [2.24, 2.45) is 5.41 Å². The lowest BCUT2D eigenvalue weighted by Gasteiger charge is -2.47. The Morgan fingerprint density at radius 2 is 1.87 bits per heavy atom. The standard InChI is InChI=1S/C18H26FN3O/c19-8-3-17(23)22-12-6-18(7-13-22)4-10-21(11-5-18)15-16-2-1-9-20-14-16/h1-2,9,14H,3-8,10-13,15H2. The van der Waals surface area contributed by atoms with Crippen LogP contribution in [0.15, 0.2) is 24.5 Å². The molecule has 0 radical (unpaired) electrons. The zero-order valence-corrected chi connectivity index (χ0v) is 13.7. The van der Waals surface area contributed by atoms with Crippen LogP contribution in [0.25, 0.3) is 0 Å². The number of amides is 1. The van der Waals surface area contributed by atoms with Gasteiger partial charge in [0, 0.05) is 32.0 Å². The van der Waals surface area contributed by atoms with Gasteiger partial charge in [0.15, 0.2) is 0 Å². The summed E-state index contributed by atoms with van der Waals surface area (Å²) in [4.78, 5) is 20.3. The minimum Gasteiger partial charge on any atom is -0.343 e. The van der Waals surface area contributed by atoms with E-state index in [4.69, 9.17) is 0 Å². The Morgan fingerprint density at radius 1 is 1.17 bits per heavy atom. The number of pyridine rings is 1. The van der Waals surface area contributed by atoms with Gasteiger partial charge in [0.2, 0.25) is 5.91 Å². The van der Waals surface area contributed by atoms with Crippen molar-refractivity contribution in [1.82, 2.24) is 14.8 Å². The molecular formula is C18H26FN3O. The maximum Gasteiger partial charge on any atom is 0.225 e. The summed E-state index contributed by atoms with van der Waals surface area (Å²) in [6, 6.07) is 4.12. The zero-order chi connectivity index (χ0) is 16.1. The van der Waals surface area contributed by atoms with Gasteiger partial charge in [0.05, 0.1) is 13.1 Å². The smallest absolute Gasteiger partial charge is 0.225 e. The first-order valence-electron chi connectivity index (χ1n) is 8.66. The van der Waals surface area contributed by atoms with Gasteiger partial charge in [0.25, 0.3) is 0 Å². The molecule has 0 aromatic carbocycles. The Labute approximate surface area is 137 Å². The number of halogens is 1. The van der Waals surface area contributed by atoms with Crippen LogP contribution >= 0.6 is 0 Å². The highest BCUT2D eigenvalue weighted by atomic mass is 19.1. The van der Waals surface area contributed by atoms with E-state index < -0.39 is 6.67 Å². The van der Waals surface area contributed by atoms with Crippen LogP contribution in [0.5, 0.6) is 0 Å². The largest absolute Gasteiger partial charge is 0.343 e. The third-order valence-electron chi connectivity index (χ3n) is 5.53. The van der Waals surface area contributed by atoms with Crippen LogP contribution in [0.4, 0.5) is 4.39 Å². The molecule has 2 saturated heterocycles. The molecule has 0 aliphatic carbocycles. The van der Waals surface area contributed by atoms with Crippen LogP contribution in [-0.4, -0.2) is 53.5 Å². The Bertz CT molecular complexity index is 504. The number of piperidine rings is 2. The molecule has 0 N–H and O–H groups in total. The Morgan fingerprint density at radius 3 is 2.48 bits per heavy atom. The van der Waals surface area contributed by atoms with Crippen LogP contribution in [-0.2, 0) is 11.3 Å². The fourth-order valence-corrected chi connectivity index (χ4v) is 3.90. The number of carbonyl (C=O) groups excluding carboxylic acids is 1. The lowest BCUT2D eigenvalue weighted by Crippen LogP contribution is -2.48. The number of rotatable bonds is 4. The van der Waals surface area contributed by atoms with Gasteiger partial charge in [0.1, 0.15) is 0 Å². The third-order valence-corrected chi connectivity index (χ3v) is 5.53. The molecule has 4 nitrogen and oxygen atoms in total. The maximum absolute atomic E-state index is 12.3. The number of hydrogen-bond donors (Lipinski definition) is 0. The highest BCUT2D eigenvalue weighted by Gasteiger charge is 2.38. The Hall–Kier alpha value is -1.49. The SMILES string of the molecule is O=C(CCF)N1CCC2(CCN(Cc3cccnc3)CC2)CC1. The van der Waals surface area contributed by atoms with Crippen LogP contribution < -0.4 is 0 Å². The molecule has 1 aromatic rings. The van der Waals surface area contributed by atoms with Crippen LogP contribution in [0.3, 0.4) is 0 Å². The monoisotopic (exact) mass is 319 g/mol. The fraction of sp³-hybridized carbons (Fsp3) is 0.667. The molecule has 0 saturated carbocycles. The van der Waals surface area contributed by atoms with Gasteiger partial charge >= 0.3 is 0 Å². The summed E-state index contributed by atoms with van der Waals surface area (Å²) in [6.07, 6.45) is 8.37. The number of likely N-dealkylation sites (tertiary alicyclic amines) is 2.